The molecular formula is C22H24N4O4S. The second-order valence-corrected chi connectivity index (χ2v) is 7.64. The molecule has 0 spiro atoms. The highest BCUT2D eigenvalue weighted by Gasteiger charge is 2.21. The molecule has 0 radical (unpaired) electrons. The van der Waals surface area contributed by atoms with Crippen LogP contribution in [-0.4, -0.2) is 47.1 Å². The summed E-state index contributed by atoms with van der Waals surface area (Å²) in [5.41, 5.74) is 1.83. The van der Waals surface area contributed by atoms with Crippen molar-refractivity contribution >= 4 is 29.3 Å². The number of likely N-dealkylation sites (N-methyl/N-ethyl adjacent to an activating group) is 1. The van der Waals surface area contributed by atoms with E-state index in [4.69, 9.17) is 9.26 Å². The summed E-state index contributed by atoms with van der Waals surface area (Å²) in [6.45, 7) is 3.96. The van der Waals surface area contributed by atoms with Crippen molar-refractivity contribution in [2.24, 2.45) is 0 Å². The fraction of sp³-hybridized carbons (Fsp3) is 0.273. The Kier molecular flexibility index (Phi) is 7.66. The first-order valence-electron chi connectivity index (χ1n) is 9.73. The molecule has 0 aliphatic carbocycles. The van der Waals surface area contributed by atoms with Crippen LogP contribution in [0.2, 0.25) is 0 Å². The maximum atomic E-state index is 13.1. The molecule has 0 saturated carbocycles. The average Bonchev–Trinajstić information content (AvgIpc) is 3.21. The number of amides is 2. The highest BCUT2D eigenvalue weighted by Crippen LogP contribution is 2.25. The Hall–Kier alpha value is -3.33. The molecule has 3 rings (SSSR count). The Bertz CT molecular complexity index is 1050. The number of benzene rings is 1. The molecule has 1 aromatic carbocycles. The third-order valence-corrected chi connectivity index (χ3v) is 5.43. The van der Waals surface area contributed by atoms with Crippen molar-refractivity contribution < 1.29 is 18.8 Å². The zero-order valence-corrected chi connectivity index (χ0v) is 18.4. The van der Waals surface area contributed by atoms with E-state index in [1.807, 2.05) is 19.9 Å². The Morgan fingerprint density at radius 2 is 2.06 bits per heavy atom. The summed E-state index contributed by atoms with van der Waals surface area (Å²) in [6, 6.07) is 12.3. The molecule has 0 bridgehead atoms. The minimum Gasteiger partial charge on any atom is -0.497 e. The van der Waals surface area contributed by atoms with Crippen LogP contribution >= 0.6 is 11.8 Å². The van der Waals surface area contributed by atoms with E-state index in [2.05, 4.69) is 15.5 Å². The largest absolute Gasteiger partial charge is 0.497 e. The SMILES string of the molecule is CCN(CC(=O)Nc1cccc(OC)c1)C(=O)c1cccnc1SCc1cc(C)on1. The van der Waals surface area contributed by atoms with Gasteiger partial charge in [0.15, 0.2) is 0 Å². The van der Waals surface area contributed by atoms with Gasteiger partial charge in [-0.1, -0.05) is 23.0 Å². The van der Waals surface area contributed by atoms with Gasteiger partial charge in [-0.15, -0.1) is 0 Å². The van der Waals surface area contributed by atoms with Gasteiger partial charge in [0.1, 0.15) is 23.1 Å². The fourth-order valence-electron chi connectivity index (χ4n) is 2.87. The molecule has 2 amide bonds. The van der Waals surface area contributed by atoms with E-state index >= 15 is 0 Å². The highest BCUT2D eigenvalue weighted by atomic mass is 32.2. The molecule has 2 aromatic heterocycles. The number of aromatic nitrogens is 2. The number of nitrogens with zero attached hydrogens (tertiary/aromatic N) is 3. The van der Waals surface area contributed by atoms with Gasteiger partial charge < -0.3 is 19.5 Å². The molecule has 0 aliphatic heterocycles. The normalized spacial score (nSPS) is 10.5. The predicted octanol–water partition coefficient (Wildman–Crippen LogP) is 3.78. The van der Waals surface area contributed by atoms with Crippen LogP contribution in [0.4, 0.5) is 5.69 Å². The summed E-state index contributed by atoms with van der Waals surface area (Å²) in [5.74, 6) is 1.35. The summed E-state index contributed by atoms with van der Waals surface area (Å²) in [4.78, 5) is 31.5. The fourth-order valence-corrected chi connectivity index (χ4v) is 3.74. The molecule has 9 heteroatoms. The first kappa shape index (κ1) is 22.4. The van der Waals surface area contributed by atoms with Gasteiger partial charge in [0.25, 0.3) is 5.91 Å². The lowest BCUT2D eigenvalue weighted by Gasteiger charge is -2.21. The molecule has 8 nitrogen and oxygen atoms in total. The van der Waals surface area contributed by atoms with Crippen molar-refractivity contribution in [2.45, 2.75) is 24.6 Å². The number of ether oxygens (including phenoxy) is 1. The lowest BCUT2D eigenvalue weighted by atomic mass is 10.2. The van der Waals surface area contributed by atoms with E-state index in [0.29, 0.717) is 34.3 Å². The number of pyridine rings is 1. The van der Waals surface area contributed by atoms with E-state index in [1.54, 1.807) is 49.7 Å². The van der Waals surface area contributed by atoms with Crippen molar-refractivity contribution in [2.75, 3.05) is 25.5 Å². The summed E-state index contributed by atoms with van der Waals surface area (Å²) in [5, 5.41) is 7.35. The van der Waals surface area contributed by atoms with Crippen molar-refractivity contribution in [3.05, 3.63) is 65.7 Å². The molecule has 0 aliphatic rings. The molecule has 31 heavy (non-hydrogen) atoms. The number of methoxy groups -OCH3 is 1. The molecule has 3 aromatic rings. The number of thioether (sulfide) groups is 1. The molecule has 0 fully saturated rings. The van der Waals surface area contributed by atoms with Crippen LogP contribution in [0.3, 0.4) is 0 Å². The van der Waals surface area contributed by atoms with Gasteiger partial charge in [-0.05, 0) is 38.1 Å². The monoisotopic (exact) mass is 440 g/mol. The number of carbonyl (C=O) groups is 2. The Balaban J connectivity index is 1.67. The van der Waals surface area contributed by atoms with E-state index in [-0.39, 0.29) is 18.4 Å². The summed E-state index contributed by atoms with van der Waals surface area (Å²) >= 11 is 1.40. The van der Waals surface area contributed by atoms with E-state index in [0.717, 1.165) is 11.5 Å². The predicted molar refractivity (Wildman–Crippen MR) is 118 cm³/mol. The van der Waals surface area contributed by atoms with E-state index < -0.39 is 0 Å². The van der Waals surface area contributed by atoms with Gasteiger partial charge in [0.05, 0.1) is 18.4 Å². The third kappa shape index (κ3) is 6.08. The van der Waals surface area contributed by atoms with Crippen LogP contribution in [0.25, 0.3) is 0 Å². The topological polar surface area (TPSA) is 97.6 Å². The summed E-state index contributed by atoms with van der Waals surface area (Å²) < 4.78 is 10.3. The number of hydrogen-bond donors (Lipinski definition) is 1. The molecule has 0 unspecified atom stereocenters. The van der Waals surface area contributed by atoms with Crippen LogP contribution in [0.1, 0.15) is 28.7 Å². The molecular weight excluding hydrogens is 416 g/mol. The number of anilines is 1. The molecule has 0 atom stereocenters. The van der Waals surface area contributed by atoms with Crippen LogP contribution in [0, 0.1) is 6.92 Å². The van der Waals surface area contributed by atoms with Gasteiger partial charge in [0, 0.05) is 36.3 Å². The number of hydrogen-bond acceptors (Lipinski definition) is 7. The van der Waals surface area contributed by atoms with Gasteiger partial charge in [-0.3, -0.25) is 9.59 Å². The highest BCUT2D eigenvalue weighted by molar-refractivity contribution is 7.98. The number of nitrogens with one attached hydrogen (secondary N) is 1. The van der Waals surface area contributed by atoms with Gasteiger partial charge in [-0.25, -0.2) is 4.98 Å². The molecule has 2 heterocycles. The summed E-state index contributed by atoms with van der Waals surface area (Å²) in [7, 11) is 1.56. The molecule has 1 N–H and O–H groups in total. The maximum Gasteiger partial charge on any atom is 0.257 e. The average molecular weight is 441 g/mol. The minimum absolute atomic E-state index is 0.0754. The summed E-state index contributed by atoms with van der Waals surface area (Å²) in [6.07, 6.45) is 1.64. The second-order valence-electron chi connectivity index (χ2n) is 6.67. The first-order chi connectivity index (χ1) is 15.0. The number of aryl methyl sites for hydroxylation is 1. The number of rotatable bonds is 9. The van der Waals surface area contributed by atoms with Crippen LogP contribution in [0.5, 0.6) is 5.75 Å². The van der Waals surface area contributed by atoms with Gasteiger partial charge in [0.2, 0.25) is 5.91 Å². The zero-order chi connectivity index (χ0) is 22.2. The van der Waals surface area contributed by atoms with Crippen molar-refractivity contribution in [3.8, 4) is 5.75 Å². The number of carbonyl (C=O) groups excluding carboxylic acids is 2. The zero-order valence-electron chi connectivity index (χ0n) is 17.6. The first-order valence-corrected chi connectivity index (χ1v) is 10.7. The van der Waals surface area contributed by atoms with Gasteiger partial charge in [-0.2, -0.15) is 0 Å². The lowest BCUT2D eigenvalue weighted by Crippen LogP contribution is -2.38. The standard InChI is InChI=1S/C22H24N4O4S/c1-4-26(13-20(27)24-16-7-5-8-18(12-16)29-3)22(28)19-9-6-10-23-21(19)31-14-17-11-15(2)30-25-17/h5-12H,4,13-14H2,1-3H3,(H,24,27). The third-order valence-electron chi connectivity index (χ3n) is 4.39. The van der Waals surface area contributed by atoms with Crippen molar-refractivity contribution in [1.29, 1.82) is 0 Å². The van der Waals surface area contributed by atoms with Crippen LogP contribution in [-0.2, 0) is 10.5 Å². The Labute approximate surface area is 185 Å². The molecule has 162 valence electrons. The second kappa shape index (κ2) is 10.6. The van der Waals surface area contributed by atoms with Crippen LogP contribution in [0.15, 0.2) is 58.2 Å². The van der Waals surface area contributed by atoms with Crippen LogP contribution < -0.4 is 10.1 Å². The Morgan fingerprint density at radius 1 is 1.23 bits per heavy atom. The van der Waals surface area contributed by atoms with Crippen molar-refractivity contribution in [1.82, 2.24) is 15.0 Å². The quantitative estimate of drug-likeness (QED) is 0.506. The van der Waals surface area contributed by atoms with E-state index in [9.17, 15) is 9.59 Å². The molecule has 0 saturated heterocycles. The maximum absolute atomic E-state index is 13.1. The lowest BCUT2D eigenvalue weighted by molar-refractivity contribution is -0.116. The van der Waals surface area contributed by atoms with Gasteiger partial charge >= 0.3 is 0 Å². The minimum atomic E-state index is -0.292. The van der Waals surface area contributed by atoms with E-state index in [1.165, 1.54) is 16.7 Å². The van der Waals surface area contributed by atoms with Crippen molar-refractivity contribution in [3.63, 3.8) is 0 Å². The smallest absolute Gasteiger partial charge is 0.257 e. The Morgan fingerprint density at radius 3 is 2.77 bits per heavy atom.